The van der Waals surface area contributed by atoms with E-state index in [2.05, 4.69) is 0 Å². The van der Waals surface area contributed by atoms with E-state index in [1.165, 1.54) is 6.07 Å². The molecule has 0 aliphatic carbocycles. The Morgan fingerprint density at radius 1 is 1.00 bits per heavy atom. The van der Waals surface area contributed by atoms with E-state index < -0.39 is 23.2 Å². The highest BCUT2D eigenvalue weighted by molar-refractivity contribution is 6.62. The monoisotopic (exact) mass is 341 g/mol. The Hall–Kier alpha value is -2.38. The van der Waals surface area contributed by atoms with Gasteiger partial charge >= 0.3 is 12.8 Å². The SMILES string of the molecule is CC1(C)OB(c2ccc(Oc3ccccc3)c([N+](=O)[O-])c2)OC1(C)C. The third-order valence-corrected chi connectivity index (χ3v) is 4.68. The Morgan fingerprint density at radius 3 is 2.16 bits per heavy atom. The Bertz CT molecular complexity index is 775. The Labute approximate surface area is 147 Å². The van der Waals surface area contributed by atoms with Crippen molar-refractivity contribution >= 4 is 18.3 Å². The number of hydrogen-bond donors (Lipinski definition) is 0. The van der Waals surface area contributed by atoms with Gasteiger partial charge in [0.25, 0.3) is 0 Å². The molecule has 130 valence electrons. The standard InChI is InChI=1S/C18H20BNO5/c1-17(2)18(3,4)25-19(24-17)13-10-11-16(15(12-13)20(21)22)23-14-8-6-5-7-9-14/h5-12H,1-4H3. The zero-order chi connectivity index (χ0) is 18.2. The number of para-hydroxylation sites is 1. The number of ether oxygens (including phenoxy) is 1. The van der Waals surface area contributed by atoms with Crippen LogP contribution in [0, 0.1) is 10.1 Å². The predicted octanol–water partition coefficient (Wildman–Crippen LogP) is 3.69. The first-order valence-corrected chi connectivity index (χ1v) is 8.06. The van der Waals surface area contributed by atoms with Gasteiger partial charge in [-0.05, 0) is 51.4 Å². The predicted molar refractivity (Wildman–Crippen MR) is 95.3 cm³/mol. The third-order valence-electron chi connectivity index (χ3n) is 4.68. The van der Waals surface area contributed by atoms with Crippen molar-refractivity contribution in [1.82, 2.24) is 0 Å². The highest BCUT2D eigenvalue weighted by Crippen LogP contribution is 2.37. The van der Waals surface area contributed by atoms with E-state index in [0.717, 1.165) is 0 Å². The summed E-state index contributed by atoms with van der Waals surface area (Å²) in [6.45, 7) is 7.76. The summed E-state index contributed by atoms with van der Waals surface area (Å²) in [6, 6.07) is 13.7. The number of benzene rings is 2. The van der Waals surface area contributed by atoms with E-state index in [1.807, 2.05) is 33.8 Å². The minimum absolute atomic E-state index is 0.129. The van der Waals surface area contributed by atoms with Crippen molar-refractivity contribution < 1.29 is 19.0 Å². The summed E-state index contributed by atoms with van der Waals surface area (Å²) in [5.74, 6) is 0.713. The fourth-order valence-corrected chi connectivity index (χ4v) is 2.50. The first-order chi connectivity index (χ1) is 11.7. The molecule has 6 nitrogen and oxygen atoms in total. The van der Waals surface area contributed by atoms with E-state index in [4.69, 9.17) is 14.0 Å². The molecule has 0 aromatic heterocycles. The van der Waals surface area contributed by atoms with Gasteiger partial charge in [0.1, 0.15) is 5.75 Å². The van der Waals surface area contributed by atoms with Gasteiger partial charge < -0.3 is 14.0 Å². The van der Waals surface area contributed by atoms with Crippen LogP contribution in [-0.2, 0) is 9.31 Å². The molecule has 0 bridgehead atoms. The van der Waals surface area contributed by atoms with E-state index in [1.54, 1.807) is 36.4 Å². The van der Waals surface area contributed by atoms with Crippen LogP contribution in [0.25, 0.3) is 0 Å². The summed E-state index contributed by atoms with van der Waals surface area (Å²) in [4.78, 5) is 11.0. The summed E-state index contributed by atoms with van der Waals surface area (Å²) < 4.78 is 17.6. The van der Waals surface area contributed by atoms with E-state index in [0.29, 0.717) is 11.2 Å². The van der Waals surface area contributed by atoms with Crippen LogP contribution in [0.1, 0.15) is 27.7 Å². The van der Waals surface area contributed by atoms with Crippen LogP contribution in [0.4, 0.5) is 5.69 Å². The number of nitro groups is 1. The maximum Gasteiger partial charge on any atom is 0.495 e. The van der Waals surface area contributed by atoms with Crippen LogP contribution >= 0.6 is 0 Å². The van der Waals surface area contributed by atoms with Crippen molar-refractivity contribution in [2.75, 3.05) is 0 Å². The Morgan fingerprint density at radius 2 is 1.60 bits per heavy atom. The average Bonchev–Trinajstić information content (AvgIpc) is 2.76. The van der Waals surface area contributed by atoms with Crippen molar-refractivity contribution in [2.45, 2.75) is 38.9 Å². The lowest BCUT2D eigenvalue weighted by Crippen LogP contribution is -2.41. The van der Waals surface area contributed by atoms with Crippen molar-refractivity contribution in [1.29, 1.82) is 0 Å². The number of nitrogens with zero attached hydrogens (tertiary/aromatic N) is 1. The van der Waals surface area contributed by atoms with Crippen LogP contribution in [-0.4, -0.2) is 23.2 Å². The van der Waals surface area contributed by atoms with Crippen LogP contribution in [0.15, 0.2) is 48.5 Å². The molecule has 3 rings (SSSR count). The summed E-state index contributed by atoms with van der Waals surface area (Å²) in [6.07, 6.45) is 0. The number of rotatable bonds is 4. The minimum atomic E-state index is -0.658. The quantitative estimate of drug-likeness (QED) is 0.482. The van der Waals surface area contributed by atoms with E-state index in [-0.39, 0.29) is 11.4 Å². The molecule has 1 aliphatic heterocycles. The normalized spacial score (nSPS) is 18.2. The van der Waals surface area contributed by atoms with Gasteiger partial charge in [0.2, 0.25) is 5.75 Å². The fraction of sp³-hybridized carbons (Fsp3) is 0.333. The first kappa shape index (κ1) is 17.4. The molecule has 1 aliphatic rings. The number of nitro benzene ring substituents is 1. The van der Waals surface area contributed by atoms with Gasteiger partial charge in [-0.15, -0.1) is 0 Å². The lowest BCUT2D eigenvalue weighted by molar-refractivity contribution is -0.385. The van der Waals surface area contributed by atoms with Gasteiger partial charge in [0.15, 0.2) is 0 Å². The van der Waals surface area contributed by atoms with Crippen molar-refractivity contribution in [2.24, 2.45) is 0 Å². The molecule has 0 amide bonds. The summed E-state index contributed by atoms with van der Waals surface area (Å²) in [7, 11) is -0.658. The van der Waals surface area contributed by atoms with Crippen molar-refractivity contribution in [3.63, 3.8) is 0 Å². The molecule has 1 saturated heterocycles. The Balaban J connectivity index is 1.91. The zero-order valence-electron chi connectivity index (χ0n) is 14.7. The molecule has 0 unspecified atom stereocenters. The summed E-state index contributed by atoms with van der Waals surface area (Å²) in [5, 5.41) is 11.5. The lowest BCUT2D eigenvalue weighted by Gasteiger charge is -2.32. The van der Waals surface area contributed by atoms with Crippen LogP contribution in [0.2, 0.25) is 0 Å². The Kier molecular flexibility index (Phi) is 4.30. The molecule has 1 fully saturated rings. The molecule has 0 saturated carbocycles. The second kappa shape index (κ2) is 6.17. The highest BCUT2D eigenvalue weighted by Gasteiger charge is 2.52. The first-order valence-electron chi connectivity index (χ1n) is 8.06. The van der Waals surface area contributed by atoms with Crippen molar-refractivity contribution in [3.8, 4) is 11.5 Å². The third kappa shape index (κ3) is 3.38. The smallest absolute Gasteiger partial charge is 0.450 e. The van der Waals surface area contributed by atoms with Crippen LogP contribution in [0.3, 0.4) is 0 Å². The molecule has 7 heteroatoms. The lowest BCUT2D eigenvalue weighted by atomic mass is 9.79. The average molecular weight is 341 g/mol. The molecule has 2 aromatic carbocycles. The largest absolute Gasteiger partial charge is 0.495 e. The van der Waals surface area contributed by atoms with Gasteiger partial charge in [-0.1, -0.05) is 24.3 Å². The molecule has 0 N–H and O–H groups in total. The summed E-state index contributed by atoms with van der Waals surface area (Å²) >= 11 is 0. The van der Waals surface area contributed by atoms with E-state index in [9.17, 15) is 10.1 Å². The zero-order valence-corrected chi connectivity index (χ0v) is 14.7. The maximum absolute atomic E-state index is 11.5. The molecule has 1 heterocycles. The van der Waals surface area contributed by atoms with Gasteiger partial charge in [-0.25, -0.2) is 0 Å². The van der Waals surface area contributed by atoms with Gasteiger partial charge in [-0.3, -0.25) is 10.1 Å². The fourth-order valence-electron chi connectivity index (χ4n) is 2.50. The molecule has 0 atom stereocenters. The van der Waals surface area contributed by atoms with Crippen molar-refractivity contribution in [3.05, 3.63) is 58.6 Å². The second-order valence-electron chi connectivity index (χ2n) is 6.99. The van der Waals surface area contributed by atoms with Gasteiger partial charge in [0.05, 0.1) is 16.1 Å². The molecule has 0 radical (unpaired) electrons. The minimum Gasteiger partial charge on any atom is -0.450 e. The van der Waals surface area contributed by atoms with Gasteiger partial charge in [0, 0.05) is 6.07 Å². The van der Waals surface area contributed by atoms with Crippen LogP contribution in [0.5, 0.6) is 11.5 Å². The molecular weight excluding hydrogens is 321 g/mol. The van der Waals surface area contributed by atoms with E-state index >= 15 is 0 Å². The molecule has 0 spiro atoms. The van der Waals surface area contributed by atoms with Crippen LogP contribution < -0.4 is 10.2 Å². The van der Waals surface area contributed by atoms with Gasteiger partial charge in [-0.2, -0.15) is 0 Å². The molecule has 2 aromatic rings. The molecular formula is C18H20BNO5. The topological polar surface area (TPSA) is 70.8 Å². The maximum atomic E-state index is 11.5. The summed E-state index contributed by atoms with van der Waals surface area (Å²) in [5.41, 5.74) is -0.557. The number of hydrogen-bond acceptors (Lipinski definition) is 5. The highest BCUT2D eigenvalue weighted by atomic mass is 16.7. The second-order valence-corrected chi connectivity index (χ2v) is 6.99. The molecule has 25 heavy (non-hydrogen) atoms.